The first kappa shape index (κ1) is 20.3. The normalized spacial score (nSPS) is 11.4. The fraction of sp³-hybridized carbons (Fsp3) is 0.364. The first-order chi connectivity index (χ1) is 13.4. The van der Waals surface area contributed by atoms with Crippen LogP contribution in [-0.2, 0) is 0 Å². The van der Waals surface area contributed by atoms with Gasteiger partial charge in [-0.05, 0) is 64.1 Å². The third-order valence-corrected chi connectivity index (χ3v) is 4.57. The lowest BCUT2D eigenvalue weighted by molar-refractivity contribution is 0.131. The summed E-state index contributed by atoms with van der Waals surface area (Å²) in [6.45, 7) is 9.57. The van der Waals surface area contributed by atoms with Crippen molar-refractivity contribution in [2.75, 3.05) is 24.2 Å². The molecule has 0 saturated carbocycles. The van der Waals surface area contributed by atoms with Crippen LogP contribution < -0.4 is 14.8 Å². The summed E-state index contributed by atoms with van der Waals surface area (Å²) in [7, 11) is 0. The predicted octanol–water partition coefficient (Wildman–Crippen LogP) is 5.41. The second kappa shape index (κ2) is 9.15. The first-order valence-corrected chi connectivity index (χ1v) is 10.5. The number of rotatable bonds is 8. The Labute approximate surface area is 170 Å². The molecule has 3 aromatic rings. The number of hydrogen-bond donors (Lipinski definition) is 1. The van der Waals surface area contributed by atoms with Gasteiger partial charge in [0.2, 0.25) is 0 Å². The van der Waals surface area contributed by atoms with Crippen LogP contribution in [0.15, 0.2) is 53.7 Å². The summed E-state index contributed by atoms with van der Waals surface area (Å²) in [5.74, 6) is 3.32. The van der Waals surface area contributed by atoms with Crippen molar-refractivity contribution in [3.05, 3.63) is 48.5 Å². The van der Waals surface area contributed by atoms with E-state index in [0.717, 1.165) is 45.7 Å². The van der Waals surface area contributed by atoms with Crippen LogP contribution in [0.2, 0.25) is 0 Å². The van der Waals surface area contributed by atoms with Crippen LogP contribution in [-0.4, -0.2) is 34.5 Å². The number of thioether (sulfide) groups is 1. The molecule has 6 heteroatoms. The van der Waals surface area contributed by atoms with Crippen LogP contribution in [0.4, 0.5) is 5.82 Å². The number of nitrogens with zero attached hydrogens (tertiary/aromatic N) is 2. The fourth-order valence-corrected chi connectivity index (χ4v) is 3.34. The Morgan fingerprint density at radius 2 is 1.68 bits per heavy atom. The first-order valence-electron chi connectivity index (χ1n) is 9.50. The minimum atomic E-state index is -0.204. The lowest BCUT2D eigenvalue weighted by Gasteiger charge is -2.21. The second-order valence-corrected chi connectivity index (χ2v) is 8.35. The average Bonchev–Trinajstić information content (AvgIpc) is 2.66. The lowest BCUT2D eigenvalue weighted by atomic mass is 10.2. The molecule has 0 bridgehead atoms. The topological polar surface area (TPSA) is 56.3 Å². The molecule has 0 spiro atoms. The van der Waals surface area contributed by atoms with E-state index in [1.807, 2.05) is 69.3 Å². The third-order valence-electron chi connectivity index (χ3n) is 3.76. The lowest BCUT2D eigenvalue weighted by Crippen LogP contribution is -2.22. The molecule has 0 aliphatic rings. The number of para-hydroxylation sites is 1. The van der Waals surface area contributed by atoms with E-state index in [1.54, 1.807) is 11.8 Å². The molecule has 28 heavy (non-hydrogen) atoms. The van der Waals surface area contributed by atoms with Crippen LogP contribution >= 0.6 is 11.8 Å². The van der Waals surface area contributed by atoms with Gasteiger partial charge < -0.3 is 14.8 Å². The number of fused-ring (bicyclic) bond motifs is 1. The molecule has 148 valence electrons. The number of anilines is 1. The molecule has 0 aliphatic heterocycles. The van der Waals surface area contributed by atoms with E-state index in [1.165, 1.54) is 0 Å². The quantitative estimate of drug-likeness (QED) is 0.312. The Balaban J connectivity index is 1.55. The van der Waals surface area contributed by atoms with E-state index in [-0.39, 0.29) is 5.60 Å². The molecule has 0 amide bonds. The van der Waals surface area contributed by atoms with Crippen molar-refractivity contribution in [3.8, 4) is 11.5 Å². The van der Waals surface area contributed by atoms with E-state index >= 15 is 0 Å². The Morgan fingerprint density at radius 1 is 0.964 bits per heavy atom. The van der Waals surface area contributed by atoms with Crippen molar-refractivity contribution in [2.24, 2.45) is 0 Å². The number of aromatic nitrogens is 2. The predicted molar refractivity (Wildman–Crippen MR) is 117 cm³/mol. The van der Waals surface area contributed by atoms with Gasteiger partial charge in [0.15, 0.2) is 5.16 Å². The van der Waals surface area contributed by atoms with E-state index in [0.29, 0.717) is 6.61 Å². The highest BCUT2D eigenvalue weighted by atomic mass is 32.2. The van der Waals surface area contributed by atoms with Crippen LogP contribution in [0.3, 0.4) is 0 Å². The maximum absolute atomic E-state index is 5.83. The van der Waals surface area contributed by atoms with Crippen molar-refractivity contribution in [1.82, 2.24) is 9.97 Å². The van der Waals surface area contributed by atoms with E-state index in [2.05, 4.69) is 22.2 Å². The summed E-state index contributed by atoms with van der Waals surface area (Å²) in [5, 5.41) is 5.12. The van der Waals surface area contributed by atoms with Gasteiger partial charge in [0, 0.05) is 17.7 Å². The van der Waals surface area contributed by atoms with Gasteiger partial charge in [0.1, 0.15) is 22.9 Å². The molecule has 2 aromatic carbocycles. The third kappa shape index (κ3) is 5.76. The van der Waals surface area contributed by atoms with E-state index < -0.39 is 0 Å². The van der Waals surface area contributed by atoms with Crippen LogP contribution in [0.25, 0.3) is 10.9 Å². The van der Waals surface area contributed by atoms with Gasteiger partial charge in [-0.25, -0.2) is 9.97 Å². The van der Waals surface area contributed by atoms with Crippen LogP contribution in [0, 0.1) is 0 Å². The van der Waals surface area contributed by atoms with Crippen molar-refractivity contribution in [3.63, 3.8) is 0 Å². The zero-order chi connectivity index (χ0) is 20.0. The highest BCUT2D eigenvalue weighted by Crippen LogP contribution is 2.25. The standard InChI is InChI=1S/C22H27N3O2S/c1-5-23-20-18-8-6-7-9-19(18)24-21(25-20)28-15-14-26-16-10-12-17(13-11-16)27-22(2,3)4/h6-13H,5,14-15H2,1-4H3,(H,23,24,25). The van der Waals surface area contributed by atoms with Gasteiger partial charge in [0.25, 0.3) is 0 Å². The number of nitrogens with one attached hydrogen (secondary N) is 1. The highest BCUT2D eigenvalue weighted by Gasteiger charge is 2.11. The van der Waals surface area contributed by atoms with Crippen molar-refractivity contribution in [2.45, 2.75) is 38.5 Å². The summed E-state index contributed by atoms with van der Waals surface area (Å²) in [6.07, 6.45) is 0. The molecule has 1 heterocycles. The molecule has 0 aliphatic carbocycles. The zero-order valence-electron chi connectivity index (χ0n) is 16.9. The minimum Gasteiger partial charge on any atom is -0.493 e. The Morgan fingerprint density at radius 3 is 2.39 bits per heavy atom. The molecular formula is C22H27N3O2S. The molecule has 0 radical (unpaired) electrons. The van der Waals surface area contributed by atoms with Crippen molar-refractivity contribution >= 4 is 28.5 Å². The highest BCUT2D eigenvalue weighted by molar-refractivity contribution is 7.99. The van der Waals surface area contributed by atoms with Crippen LogP contribution in [0.1, 0.15) is 27.7 Å². The molecule has 5 nitrogen and oxygen atoms in total. The molecule has 0 saturated heterocycles. The number of hydrogen-bond acceptors (Lipinski definition) is 6. The molecular weight excluding hydrogens is 370 g/mol. The Kier molecular flexibility index (Phi) is 6.62. The Hall–Kier alpha value is -2.47. The minimum absolute atomic E-state index is 0.204. The molecule has 0 unspecified atom stereocenters. The molecule has 3 rings (SSSR count). The van der Waals surface area contributed by atoms with Crippen LogP contribution in [0.5, 0.6) is 11.5 Å². The van der Waals surface area contributed by atoms with E-state index in [4.69, 9.17) is 9.47 Å². The summed E-state index contributed by atoms with van der Waals surface area (Å²) >= 11 is 1.59. The molecule has 0 atom stereocenters. The van der Waals surface area contributed by atoms with Crippen molar-refractivity contribution < 1.29 is 9.47 Å². The average molecular weight is 398 g/mol. The maximum Gasteiger partial charge on any atom is 0.190 e. The van der Waals surface area contributed by atoms with Gasteiger partial charge in [0.05, 0.1) is 12.1 Å². The molecule has 0 fully saturated rings. The van der Waals surface area contributed by atoms with E-state index in [9.17, 15) is 0 Å². The molecule has 1 N–H and O–H groups in total. The second-order valence-electron chi connectivity index (χ2n) is 7.29. The van der Waals surface area contributed by atoms with Crippen molar-refractivity contribution in [1.29, 1.82) is 0 Å². The monoisotopic (exact) mass is 397 g/mol. The zero-order valence-corrected chi connectivity index (χ0v) is 17.7. The SMILES string of the molecule is CCNc1nc(SCCOc2ccc(OC(C)(C)C)cc2)nc2ccccc12. The summed E-state index contributed by atoms with van der Waals surface area (Å²) in [4.78, 5) is 9.30. The van der Waals surface area contributed by atoms with Gasteiger partial charge in [-0.1, -0.05) is 23.9 Å². The summed E-state index contributed by atoms with van der Waals surface area (Å²) in [6, 6.07) is 15.8. The smallest absolute Gasteiger partial charge is 0.190 e. The largest absolute Gasteiger partial charge is 0.493 e. The summed E-state index contributed by atoms with van der Waals surface area (Å²) in [5.41, 5.74) is 0.746. The fourth-order valence-electron chi connectivity index (χ4n) is 2.67. The Bertz CT molecular complexity index is 908. The number of ether oxygens (including phenoxy) is 2. The summed E-state index contributed by atoms with van der Waals surface area (Å²) < 4.78 is 11.7. The van der Waals surface area contributed by atoms with Gasteiger partial charge >= 0.3 is 0 Å². The molecule has 1 aromatic heterocycles. The van der Waals surface area contributed by atoms with Gasteiger partial charge in [-0.2, -0.15) is 0 Å². The maximum atomic E-state index is 5.83. The van der Waals surface area contributed by atoms with Gasteiger partial charge in [-0.15, -0.1) is 0 Å². The number of benzene rings is 2. The van der Waals surface area contributed by atoms with Gasteiger partial charge in [-0.3, -0.25) is 0 Å².